The Morgan fingerprint density at radius 3 is 2.55 bits per heavy atom. The van der Waals surface area contributed by atoms with Crippen LogP contribution in [0.4, 0.5) is 4.39 Å². The summed E-state index contributed by atoms with van der Waals surface area (Å²) in [5.41, 5.74) is 0. The number of halogens is 1. The second-order valence-electron chi connectivity index (χ2n) is 2.24. The zero-order valence-electron chi connectivity index (χ0n) is 6.33. The molecule has 1 nitrogen and oxygen atoms in total. The molecule has 0 aliphatic rings. The van der Waals surface area contributed by atoms with E-state index in [1.807, 2.05) is 18.2 Å². The first-order chi connectivity index (χ1) is 5.29. The third-order valence-corrected chi connectivity index (χ3v) is 1.13. The lowest BCUT2D eigenvalue weighted by atomic mass is 10.3. The zero-order valence-corrected chi connectivity index (χ0v) is 6.33. The number of benzene rings is 1. The molecule has 1 aromatic rings. The number of rotatable bonds is 3. The van der Waals surface area contributed by atoms with Crippen LogP contribution in [0.25, 0.3) is 0 Å². The summed E-state index contributed by atoms with van der Waals surface area (Å²) in [6.45, 7) is 2.58. The molecule has 1 atom stereocenters. The van der Waals surface area contributed by atoms with E-state index in [2.05, 4.69) is 0 Å². The Labute approximate surface area is 65.8 Å². The summed E-state index contributed by atoms with van der Waals surface area (Å²) < 4.78 is 17.2. The maximum atomic E-state index is 12.2. The normalized spacial score (nSPS) is 12.5. The smallest absolute Gasteiger partial charge is 0.169 e. The van der Waals surface area contributed by atoms with Crippen molar-refractivity contribution in [3.63, 3.8) is 0 Å². The van der Waals surface area contributed by atoms with Gasteiger partial charge in [0.25, 0.3) is 0 Å². The average Bonchev–Trinajstić information content (AvgIpc) is 2.03. The van der Waals surface area contributed by atoms with Crippen molar-refractivity contribution < 1.29 is 9.13 Å². The van der Waals surface area contributed by atoms with Crippen LogP contribution in [-0.2, 0) is 0 Å². The van der Waals surface area contributed by atoms with Crippen molar-refractivity contribution in [1.82, 2.24) is 0 Å². The second-order valence-corrected chi connectivity index (χ2v) is 2.24. The number of hydrogen-bond donors (Lipinski definition) is 0. The van der Waals surface area contributed by atoms with Gasteiger partial charge in [0.2, 0.25) is 0 Å². The molecule has 0 saturated carbocycles. The van der Waals surface area contributed by atoms with Gasteiger partial charge in [0, 0.05) is 0 Å². The van der Waals surface area contributed by atoms with Gasteiger partial charge in [-0.25, -0.2) is 4.39 Å². The molecule has 0 aromatic heterocycles. The molecule has 1 radical (unpaired) electrons. The molecule has 0 heterocycles. The summed E-state index contributed by atoms with van der Waals surface area (Å²) in [7, 11) is 0. The van der Waals surface area contributed by atoms with E-state index in [0.717, 1.165) is 6.61 Å². The first kappa shape index (κ1) is 8.05. The molecule has 0 aliphatic heterocycles. The molecular weight excluding hydrogens is 143 g/mol. The summed E-state index contributed by atoms with van der Waals surface area (Å²) in [5, 5.41) is 0. The largest absolute Gasteiger partial charge is 0.483 e. The maximum Gasteiger partial charge on any atom is 0.169 e. The number of hydrogen-bond acceptors (Lipinski definition) is 1. The third kappa shape index (κ3) is 3.03. The van der Waals surface area contributed by atoms with Crippen LogP contribution < -0.4 is 4.74 Å². The van der Waals surface area contributed by atoms with Crippen LogP contribution in [-0.4, -0.2) is 6.17 Å². The lowest BCUT2D eigenvalue weighted by Gasteiger charge is -2.03. The minimum atomic E-state index is -1.03. The van der Waals surface area contributed by atoms with Crippen molar-refractivity contribution in [2.75, 3.05) is 0 Å². The van der Waals surface area contributed by atoms with Crippen LogP contribution in [0.1, 0.15) is 6.92 Å². The van der Waals surface area contributed by atoms with Gasteiger partial charge in [-0.15, -0.1) is 0 Å². The van der Waals surface area contributed by atoms with Crippen LogP contribution in [0.2, 0.25) is 0 Å². The molecule has 0 aliphatic carbocycles. The summed E-state index contributed by atoms with van der Waals surface area (Å²) >= 11 is 0. The predicted molar refractivity (Wildman–Crippen MR) is 41.9 cm³/mol. The molecule has 11 heavy (non-hydrogen) atoms. The fourth-order valence-corrected chi connectivity index (χ4v) is 0.671. The van der Waals surface area contributed by atoms with Gasteiger partial charge >= 0.3 is 0 Å². The summed E-state index contributed by atoms with van der Waals surface area (Å²) in [5.74, 6) is 0.664. The van der Waals surface area contributed by atoms with E-state index in [4.69, 9.17) is 4.74 Å². The molecule has 0 fully saturated rings. The minimum Gasteiger partial charge on any atom is -0.483 e. The molecule has 0 bridgehead atoms. The van der Waals surface area contributed by atoms with Gasteiger partial charge in [-0.3, -0.25) is 0 Å². The van der Waals surface area contributed by atoms with Crippen LogP contribution in [0.3, 0.4) is 0 Å². The van der Waals surface area contributed by atoms with E-state index >= 15 is 0 Å². The fraction of sp³-hybridized carbons (Fsp3) is 0.222. The Morgan fingerprint density at radius 2 is 2.00 bits per heavy atom. The van der Waals surface area contributed by atoms with Gasteiger partial charge in [0.15, 0.2) is 6.61 Å². The van der Waals surface area contributed by atoms with E-state index < -0.39 is 6.17 Å². The highest BCUT2D eigenvalue weighted by Crippen LogP contribution is 2.10. The van der Waals surface area contributed by atoms with Crippen LogP contribution in [0.5, 0.6) is 5.75 Å². The standard InChI is InChI=1S/C9H10FO/c1-8(10)7-11-9-5-3-2-4-6-9/h2-8H,1H3. The van der Waals surface area contributed by atoms with Gasteiger partial charge in [0.05, 0.1) is 0 Å². The SMILES string of the molecule is CC(F)[CH]Oc1ccccc1. The van der Waals surface area contributed by atoms with Gasteiger partial charge in [-0.1, -0.05) is 18.2 Å². The molecule has 0 amide bonds. The molecule has 0 spiro atoms. The van der Waals surface area contributed by atoms with E-state index in [1.165, 1.54) is 6.92 Å². The van der Waals surface area contributed by atoms with Gasteiger partial charge in [-0.2, -0.15) is 0 Å². The topological polar surface area (TPSA) is 9.23 Å². The highest BCUT2D eigenvalue weighted by Gasteiger charge is 1.99. The van der Waals surface area contributed by atoms with E-state index in [0.29, 0.717) is 5.75 Å². The quantitative estimate of drug-likeness (QED) is 0.648. The highest BCUT2D eigenvalue weighted by atomic mass is 19.1. The molecule has 1 rings (SSSR count). The molecule has 59 valence electrons. The first-order valence-corrected chi connectivity index (χ1v) is 3.48. The summed E-state index contributed by atoms with van der Waals surface area (Å²) in [4.78, 5) is 0. The lowest BCUT2D eigenvalue weighted by Crippen LogP contribution is -2.00. The van der Waals surface area contributed by atoms with E-state index in [1.54, 1.807) is 12.1 Å². The molecule has 1 unspecified atom stereocenters. The van der Waals surface area contributed by atoms with Crippen molar-refractivity contribution in [3.05, 3.63) is 36.9 Å². The van der Waals surface area contributed by atoms with Crippen LogP contribution in [0.15, 0.2) is 30.3 Å². The highest BCUT2D eigenvalue weighted by molar-refractivity contribution is 5.21. The van der Waals surface area contributed by atoms with Gasteiger partial charge in [0.1, 0.15) is 11.9 Å². The van der Waals surface area contributed by atoms with Gasteiger partial charge < -0.3 is 4.74 Å². The minimum absolute atomic E-state index is 0.664. The van der Waals surface area contributed by atoms with Gasteiger partial charge in [-0.05, 0) is 19.1 Å². The van der Waals surface area contributed by atoms with Crippen molar-refractivity contribution in [2.45, 2.75) is 13.1 Å². The number of alkyl halides is 1. The Balaban J connectivity index is 2.39. The van der Waals surface area contributed by atoms with Crippen molar-refractivity contribution in [1.29, 1.82) is 0 Å². The lowest BCUT2D eigenvalue weighted by molar-refractivity contribution is 0.278. The Morgan fingerprint density at radius 1 is 1.36 bits per heavy atom. The summed E-state index contributed by atoms with van der Waals surface area (Å²) in [6, 6.07) is 9.11. The molecule has 2 heteroatoms. The average molecular weight is 153 g/mol. The van der Waals surface area contributed by atoms with Crippen LogP contribution in [0, 0.1) is 6.61 Å². The van der Waals surface area contributed by atoms with E-state index in [9.17, 15) is 4.39 Å². The predicted octanol–water partition coefficient (Wildman–Crippen LogP) is 2.59. The number of ether oxygens (including phenoxy) is 1. The van der Waals surface area contributed by atoms with Crippen molar-refractivity contribution in [2.24, 2.45) is 0 Å². The Bertz CT molecular complexity index is 196. The molecule has 0 N–H and O–H groups in total. The molecule has 1 aromatic carbocycles. The number of para-hydroxylation sites is 1. The zero-order chi connectivity index (χ0) is 8.10. The van der Waals surface area contributed by atoms with Crippen LogP contribution >= 0.6 is 0 Å². The second kappa shape index (κ2) is 3.96. The first-order valence-electron chi connectivity index (χ1n) is 3.48. The fourth-order valence-electron chi connectivity index (χ4n) is 0.671. The Hall–Kier alpha value is -1.05. The summed E-state index contributed by atoms with van der Waals surface area (Å²) in [6.07, 6.45) is -1.03. The Kier molecular flexibility index (Phi) is 2.90. The van der Waals surface area contributed by atoms with Crippen molar-refractivity contribution >= 4 is 0 Å². The third-order valence-electron chi connectivity index (χ3n) is 1.13. The monoisotopic (exact) mass is 153 g/mol. The molecular formula is C9H10FO. The molecule has 0 saturated heterocycles. The van der Waals surface area contributed by atoms with Crippen molar-refractivity contribution in [3.8, 4) is 5.75 Å². The van der Waals surface area contributed by atoms with E-state index in [-0.39, 0.29) is 0 Å². The maximum absolute atomic E-state index is 12.2.